The Hall–Kier alpha value is -1.41. The van der Waals surface area contributed by atoms with Crippen molar-refractivity contribution < 1.29 is 0 Å². The van der Waals surface area contributed by atoms with Gasteiger partial charge in [0.2, 0.25) is 0 Å². The molecule has 0 radical (unpaired) electrons. The first-order valence-electron chi connectivity index (χ1n) is 6.23. The van der Waals surface area contributed by atoms with Crippen LogP contribution < -0.4 is 5.73 Å². The van der Waals surface area contributed by atoms with Gasteiger partial charge in [-0.05, 0) is 41.8 Å². The molecule has 0 atom stereocenters. The van der Waals surface area contributed by atoms with E-state index < -0.39 is 0 Å². The van der Waals surface area contributed by atoms with Crippen LogP contribution in [-0.4, -0.2) is 5.25 Å². The molecule has 18 heavy (non-hydrogen) atoms. The smallest absolute Gasteiger partial charge is 0.0316 e. The molecule has 94 valence electrons. The predicted molar refractivity (Wildman–Crippen MR) is 81.1 cm³/mol. The second-order valence-electron chi connectivity index (χ2n) is 4.73. The van der Waals surface area contributed by atoms with Crippen LogP contribution in [0, 0.1) is 0 Å². The molecule has 2 aromatic rings. The van der Waals surface area contributed by atoms with Gasteiger partial charge >= 0.3 is 0 Å². The van der Waals surface area contributed by atoms with Crippen LogP contribution in [0.3, 0.4) is 0 Å². The van der Waals surface area contributed by atoms with Crippen molar-refractivity contribution >= 4 is 17.4 Å². The minimum Gasteiger partial charge on any atom is -0.399 e. The lowest BCUT2D eigenvalue weighted by molar-refractivity contribution is 1.11. The molecule has 0 amide bonds. The molecule has 2 heteroatoms. The Balaban J connectivity index is 2.06. The maximum atomic E-state index is 5.79. The van der Waals surface area contributed by atoms with Crippen LogP contribution in [-0.2, 0) is 6.42 Å². The molecule has 2 N–H and O–H groups in total. The number of nitrogen functional groups attached to an aromatic ring is 1. The van der Waals surface area contributed by atoms with Crippen LogP contribution in [0.15, 0.2) is 53.4 Å². The average molecular weight is 257 g/mol. The van der Waals surface area contributed by atoms with Crippen LogP contribution in [0.4, 0.5) is 5.69 Å². The topological polar surface area (TPSA) is 26.0 Å². The Bertz CT molecular complexity index is 503. The monoisotopic (exact) mass is 257 g/mol. The lowest BCUT2D eigenvalue weighted by Gasteiger charge is -2.07. The first-order valence-corrected chi connectivity index (χ1v) is 7.11. The van der Waals surface area contributed by atoms with Gasteiger partial charge in [0.15, 0.2) is 0 Å². The number of hydrogen-bond donors (Lipinski definition) is 1. The summed E-state index contributed by atoms with van der Waals surface area (Å²) in [6.07, 6.45) is 0.942. The molecule has 0 aromatic heterocycles. The number of nitrogens with two attached hydrogens (primary N) is 1. The molecule has 0 spiro atoms. The van der Waals surface area contributed by atoms with E-state index in [9.17, 15) is 0 Å². The zero-order valence-electron chi connectivity index (χ0n) is 10.9. The van der Waals surface area contributed by atoms with Crippen LogP contribution in [0.1, 0.15) is 25.0 Å². The molecule has 0 bridgehead atoms. The van der Waals surface area contributed by atoms with Gasteiger partial charge in [-0.2, -0.15) is 0 Å². The number of anilines is 1. The lowest BCUT2D eigenvalue weighted by atomic mass is 10.0. The maximum Gasteiger partial charge on any atom is 0.0316 e. The fraction of sp³-hybridized carbons (Fsp3) is 0.250. The lowest BCUT2D eigenvalue weighted by Crippen LogP contribution is -1.91. The third-order valence-electron chi connectivity index (χ3n) is 2.65. The summed E-state index contributed by atoms with van der Waals surface area (Å²) in [5.41, 5.74) is 9.21. The first kappa shape index (κ1) is 13.0. The Morgan fingerprint density at radius 2 is 1.72 bits per heavy atom. The van der Waals surface area contributed by atoms with Gasteiger partial charge in [0.25, 0.3) is 0 Å². The average Bonchev–Trinajstić information content (AvgIpc) is 2.31. The zero-order valence-corrected chi connectivity index (χ0v) is 11.7. The second-order valence-corrected chi connectivity index (χ2v) is 6.38. The summed E-state index contributed by atoms with van der Waals surface area (Å²) in [5, 5.41) is 0.629. The molecular weight excluding hydrogens is 238 g/mol. The highest BCUT2D eigenvalue weighted by atomic mass is 32.2. The van der Waals surface area contributed by atoms with Gasteiger partial charge in [-0.15, -0.1) is 11.8 Å². The van der Waals surface area contributed by atoms with E-state index in [-0.39, 0.29) is 0 Å². The maximum absolute atomic E-state index is 5.79. The fourth-order valence-corrected chi connectivity index (χ4v) is 2.73. The number of rotatable bonds is 4. The molecule has 0 saturated heterocycles. The summed E-state index contributed by atoms with van der Waals surface area (Å²) >= 11 is 1.90. The standard InChI is InChI=1S/C16H19NS/c1-12(2)18-16-8-6-13(7-9-16)10-14-4-3-5-15(17)11-14/h3-9,11-12H,10,17H2,1-2H3. The molecule has 0 aliphatic carbocycles. The Kier molecular flexibility index (Phi) is 4.32. The van der Waals surface area contributed by atoms with E-state index in [1.165, 1.54) is 16.0 Å². The van der Waals surface area contributed by atoms with E-state index in [0.29, 0.717) is 5.25 Å². The van der Waals surface area contributed by atoms with Crippen molar-refractivity contribution in [3.8, 4) is 0 Å². The number of thioether (sulfide) groups is 1. The van der Waals surface area contributed by atoms with Gasteiger partial charge in [-0.25, -0.2) is 0 Å². The van der Waals surface area contributed by atoms with Crippen molar-refractivity contribution in [1.82, 2.24) is 0 Å². The van der Waals surface area contributed by atoms with Crippen molar-refractivity contribution in [3.63, 3.8) is 0 Å². The highest BCUT2D eigenvalue weighted by Gasteiger charge is 2.00. The van der Waals surface area contributed by atoms with Crippen molar-refractivity contribution in [2.24, 2.45) is 0 Å². The number of hydrogen-bond acceptors (Lipinski definition) is 2. The molecule has 0 fully saturated rings. The Morgan fingerprint density at radius 3 is 2.33 bits per heavy atom. The van der Waals surface area contributed by atoms with Gasteiger partial charge in [-0.3, -0.25) is 0 Å². The normalized spacial score (nSPS) is 10.8. The zero-order chi connectivity index (χ0) is 13.0. The minimum absolute atomic E-state index is 0.629. The largest absolute Gasteiger partial charge is 0.399 e. The molecule has 1 nitrogen and oxygen atoms in total. The molecule has 0 heterocycles. The second kappa shape index (κ2) is 5.96. The van der Waals surface area contributed by atoms with Crippen LogP contribution in [0.5, 0.6) is 0 Å². The summed E-state index contributed by atoms with van der Waals surface area (Å²) in [4.78, 5) is 1.33. The van der Waals surface area contributed by atoms with Crippen molar-refractivity contribution in [3.05, 3.63) is 59.7 Å². The van der Waals surface area contributed by atoms with Gasteiger partial charge < -0.3 is 5.73 Å². The number of benzene rings is 2. The molecule has 0 aliphatic rings. The van der Waals surface area contributed by atoms with Crippen LogP contribution in [0.25, 0.3) is 0 Å². The summed E-state index contributed by atoms with van der Waals surface area (Å²) < 4.78 is 0. The van der Waals surface area contributed by atoms with Gasteiger partial charge in [-0.1, -0.05) is 38.1 Å². The van der Waals surface area contributed by atoms with E-state index in [4.69, 9.17) is 5.73 Å². The van der Waals surface area contributed by atoms with Crippen LogP contribution in [0.2, 0.25) is 0 Å². The Morgan fingerprint density at radius 1 is 1.00 bits per heavy atom. The van der Waals surface area contributed by atoms with E-state index in [2.05, 4.69) is 44.2 Å². The molecule has 0 saturated carbocycles. The van der Waals surface area contributed by atoms with Gasteiger partial charge in [0, 0.05) is 15.8 Å². The van der Waals surface area contributed by atoms with Gasteiger partial charge in [0.1, 0.15) is 0 Å². The molecule has 0 aliphatic heterocycles. The highest BCUT2D eigenvalue weighted by molar-refractivity contribution is 7.99. The summed E-state index contributed by atoms with van der Waals surface area (Å²) in [6, 6.07) is 16.9. The van der Waals surface area contributed by atoms with Gasteiger partial charge in [0.05, 0.1) is 0 Å². The minimum atomic E-state index is 0.629. The first-order chi connectivity index (χ1) is 8.63. The Labute approximate surface area is 113 Å². The third kappa shape index (κ3) is 3.81. The quantitative estimate of drug-likeness (QED) is 0.650. The van der Waals surface area contributed by atoms with Crippen molar-refractivity contribution in [1.29, 1.82) is 0 Å². The fourth-order valence-electron chi connectivity index (χ4n) is 1.90. The van der Waals surface area contributed by atoms with E-state index >= 15 is 0 Å². The van der Waals surface area contributed by atoms with E-state index in [0.717, 1.165) is 12.1 Å². The summed E-state index contributed by atoms with van der Waals surface area (Å²) in [6.45, 7) is 4.43. The van der Waals surface area contributed by atoms with E-state index in [1.807, 2.05) is 30.0 Å². The predicted octanol–water partition coefficient (Wildman–Crippen LogP) is 4.36. The SMILES string of the molecule is CC(C)Sc1ccc(Cc2cccc(N)c2)cc1. The molecule has 2 aromatic carbocycles. The van der Waals surface area contributed by atoms with E-state index in [1.54, 1.807) is 0 Å². The molecular formula is C16H19NS. The van der Waals surface area contributed by atoms with Crippen LogP contribution >= 0.6 is 11.8 Å². The third-order valence-corrected chi connectivity index (χ3v) is 3.67. The highest BCUT2D eigenvalue weighted by Crippen LogP contribution is 2.23. The molecule has 2 rings (SSSR count). The molecule has 0 unspecified atom stereocenters. The summed E-state index contributed by atoms with van der Waals surface area (Å²) in [7, 11) is 0. The van der Waals surface area contributed by atoms with Crippen molar-refractivity contribution in [2.45, 2.75) is 30.4 Å². The van der Waals surface area contributed by atoms with Crippen molar-refractivity contribution in [2.75, 3.05) is 5.73 Å². The summed E-state index contributed by atoms with van der Waals surface area (Å²) in [5.74, 6) is 0.